The standard InChI is InChI=1S/C17H20FN7O/c18-14-9-12(3-8-21-14)23-15-13(10-22-25-15)16(26)24-17(6-7-19)4-1-11(20)2-5-17/h3,8-11H,1-2,4-6,20H2,(H,24,26)(H2,21,22,23,25). The van der Waals surface area contributed by atoms with Gasteiger partial charge < -0.3 is 16.4 Å². The average molecular weight is 357 g/mol. The summed E-state index contributed by atoms with van der Waals surface area (Å²) in [5.41, 5.74) is 6.08. The van der Waals surface area contributed by atoms with E-state index >= 15 is 0 Å². The Kier molecular flexibility index (Phi) is 5.14. The summed E-state index contributed by atoms with van der Waals surface area (Å²) < 4.78 is 13.2. The van der Waals surface area contributed by atoms with Crippen LogP contribution in [0, 0.1) is 17.3 Å². The van der Waals surface area contributed by atoms with E-state index in [2.05, 4.69) is 31.9 Å². The SMILES string of the molecule is N#CCC1(NC(=O)c2cn[nH]c2Nc2ccnc(F)c2)CCC(N)CC1. The van der Waals surface area contributed by atoms with Crippen molar-refractivity contribution in [2.45, 2.75) is 43.7 Å². The molecule has 26 heavy (non-hydrogen) atoms. The third-order valence-electron chi connectivity index (χ3n) is 4.66. The predicted octanol–water partition coefficient (Wildman–Crippen LogP) is 1.97. The van der Waals surface area contributed by atoms with Crippen molar-refractivity contribution in [2.75, 3.05) is 5.32 Å². The summed E-state index contributed by atoms with van der Waals surface area (Å²) in [5.74, 6) is -0.638. The molecule has 2 aromatic heterocycles. The number of aromatic nitrogens is 3. The third-order valence-corrected chi connectivity index (χ3v) is 4.66. The van der Waals surface area contributed by atoms with Gasteiger partial charge in [0, 0.05) is 24.0 Å². The highest BCUT2D eigenvalue weighted by Gasteiger charge is 2.36. The van der Waals surface area contributed by atoms with Crippen molar-refractivity contribution < 1.29 is 9.18 Å². The maximum atomic E-state index is 13.2. The van der Waals surface area contributed by atoms with Crippen LogP contribution in [-0.2, 0) is 0 Å². The Bertz CT molecular complexity index is 821. The van der Waals surface area contributed by atoms with Crippen molar-refractivity contribution in [3.8, 4) is 6.07 Å². The highest BCUT2D eigenvalue weighted by atomic mass is 19.1. The molecule has 2 aromatic rings. The number of halogens is 1. The fourth-order valence-electron chi connectivity index (χ4n) is 3.18. The summed E-state index contributed by atoms with van der Waals surface area (Å²) in [6, 6.07) is 5.05. The van der Waals surface area contributed by atoms with Crippen molar-refractivity contribution in [2.24, 2.45) is 5.73 Å². The molecule has 9 heteroatoms. The number of aromatic amines is 1. The summed E-state index contributed by atoms with van der Waals surface area (Å²) in [6.45, 7) is 0. The fraction of sp³-hybridized carbons (Fsp3) is 0.412. The predicted molar refractivity (Wildman–Crippen MR) is 92.9 cm³/mol. The van der Waals surface area contributed by atoms with Gasteiger partial charge in [0.1, 0.15) is 11.4 Å². The number of pyridine rings is 1. The van der Waals surface area contributed by atoms with Crippen LogP contribution in [0.5, 0.6) is 0 Å². The number of nitrogens with zero attached hydrogens (tertiary/aromatic N) is 3. The summed E-state index contributed by atoms with van der Waals surface area (Å²) in [7, 11) is 0. The number of nitrogens with one attached hydrogen (secondary N) is 3. The zero-order valence-corrected chi connectivity index (χ0v) is 14.1. The Labute approximate surface area is 150 Å². The lowest BCUT2D eigenvalue weighted by atomic mass is 9.77. The second-order valence-corrected chi connectivity index (χ2v) is 6.56. The Morgan fingerprint density at radius 3 is 2.96 bits per heavy atom. The van der Waals surface area contributed by atoms with Crippen LogP contribution < -0.4 is 16.4 Å². The van der Waals surface area contributed by atoms with Gasteiger partial charge in [-0.3, -0.25) is 9.89 Å². The van der Waals surface area contributed by atoms with Gasteiger partial charge in [-0.25, -0.2) is 4.98 Å². The lowest BCUT2D eigenvalue weighted by molar-refractivity contribution is 0.0867. The number of amides is 1. The van der Waals surface area contributed by atoms with Crippen molar-refractivity contribution in [1.82, 2.24) is 20.5 Å². The van der Waals surface area contributed by atoms with Gasteiger partial charge >= 0.3 is 0 Å². The summed E-state index contributed by atoms with van der Waals surface area (Å²) in [6.07, 6.45) is 5.77. The normalized spacial score (nSPS) is 22.4. The van der Waals surface area contributed by atoms with Crippen LogP contribution in [0.1, 0.15) is 42.5 Å². The Hall–Kier alpha value is -2.99. The molecule has 1 aliphatic carbocycles. The minimum absolute atomic E-state index is 0.103. The van der Waals surface area contributed by atoms with E-state index in [-0.39, 0.29) is 23.9 Å². The van der Waals surface area contributed by atoms with E-state index in [0.29, 0.717) is 24.3 Å². The first-order chi connectivity index (χ1) is 12.5. The van der Waals surface area contributed by atoms with E-state index in [9.17, 15) is 9.18 Å². The van der Waals surface area contributed by atoms with E-state index in [1.165, 1.54) is 18.5 Å². The molecule has 0 saturated heterocycles. The maximum absolute atomic E-state index is 13.2. The summed E-state index contributed by atoms with van der Waals surface area (Å²) in [4.78, 5) is 16.3. The van der Waals surface area contributed by atoms with Crippen molar-refractivity contribution in [1.29, 1.82) is 5.26 Å². The van der Waals surface area contributed by atoms with Crippen LogP contribution in [-0.4, -0.2) is 32.7 Å². The lowest BCUT2D eigenvalue weighted by Gasteiger charge is -2.38. The molecule has 0 radical (unpaired) electrons. The molecule has 5 N–H and O–H groups in total. The van der Waals surface area contributed by atoms with E-state index in [4.69, 9.17) is 11.0 Å². The molecule has 0 unspecified atom stereocenters. The first-order valence-electron chi connectivity index (χ1n) is 8.38. The van der Waals surface area contributed by atoms with E-state index in [1.54, 1.807) is 6.07 Å². The quantitative estimate of drug-likeness (QED) is 0.605. The van der Waals surface area contributed by atoms with Crippen LogP contribution in [0.25, 0.3) is 0 Å². The molecule has 3 rings (SSSR count). The molecule has 2 heterocycles. The van der Waals surface area contributed by atoms with Crippen LogP contribution in [0.4, 0.5) is 15.9 Å². The lowest BCUT2D eigenvalue weighted by Crippen LogP contribution is -2.52. The second kappa shape index (κ2) is 7.49. The zero-order valence-electron chi connectivity index (χ0n) is 14.1. The minimum atomic E-state index is -0.632. The highest BCUT2D eigenvalue weighted by molar-refractivity contribution is 5.99. The number of carbonyl (C=O) groups excluding carboxylic acids is 1. The van der Waals surface area contributed by atoms with Gasteiger partial charge in [-0.05, 0) is 31.7 Å². The summed E-state index contributed by atoms with van der Waals surface area (Å²) in [5, 5.41) is 21.7. The molecule has 0 aromatic carbocycles. The molecule has 8 nitrogen and oxygen atoms in total. The molecular formula is C17H20FN7O. The van der Waals surface area contributed by atoms with Crippen LogP contribution in [0.15, 0.2) is 24.5 Å². The van der Waals surface area contributed by atoms with E-state index < -0.39 is 11.5 Å². The summed E-state index contributed by atoms with van der Waals surface area (Å²) >= 11 is 0. The number of carbonyl (C=O) groups is 1. The van der Waals surface area contributed by atoms with Gasteiger partial charge in [0.05, 0.1) is 24.2 Å². The van der Waals surface area contributed by atoms with Crippen LogP contribution >= 0.6 is 0 Å². The second-order valence-electron chi connectivity index (χ2n) is 6.56. The minimum Gasteiger partial charge on any atom is -0.345 e. The molecule has 136 valence electrons. The molecule has 1 fully saturated rings. The van der Waals surface area contributed by atoms with Gasteiger partial charge in [-0.15, -0.1) is 0 Å². The number of rotatable bonds is 5. The Balaban J connectivity index is 1.76. The molecule has 1 saturated carbocycles. The van der Waals surface area contributed by atoms with Gasteiger partial charge in [0.2, 0.25) is 5.95 Å². The van der Waals surface area contributed by atoms with Crippen LogP contribution in [0.2, 0.25) is 0 Å². The van der Waals surface area contributed by atoms with Crippen molar-refractivity contribution in [3.05, 3.63) is 36.0 Å². The topological polar surface area (TPSA) is 133 Å². The van der Waals surface area contributed by atoms with E-state index in [0.717, 1.165) is 12.8 Å². The number of anilines is 2. The average Bonchev–Trinajstić information content (AvgIpc) is 3.06. The van der Waals surface area contributed by atoms with Crippen molar-refractivity contribution >= 4 is 17.4 Å². The van der Waals surface area contributed by atoms with Gasteiger partial charge in [-0.1, -0.05) is 0 Å². The smallest absolute Gasteiger partial charge is 0.257 e. The number of hydrogen-bond donors (Lipinski definition) is 4. The van der Waals surface area contributed by atoms with Crippen LogP contribution in [0.3, 0.4) is 0 Å². The van der Waals surface area contributed by atoms with Gasteiger partial charge in [-0.2, -0.15) is 14.8 Å². The fourth-order valence-corrected chi connectivity index (χ4v) is 3.18. The molecule has 1 aliphatic rings. The molecule has 0 spiro atoms. The number of nitriles is 1. The monoisotopic (exact) mass is 357 g/mol. The first kappa shape index (κ1) is 17.8. The zero-order chi connectivity index (χ0) is 18.6. The first-order valence-corrected chi connectivity index (χ1v) is 8.38. The Morgan fingerprint density at radius 1 is 1.50 bits per heavy atom. The number of nitrogens with two attached hydrogens (primary N) is 1. The van der Waals surface area contributed by atoms with Gasteiger partial charge in [0.15, 0.2) is 0 Å². The Morgan fingerprint density at radius 2 is 2.27 bits per heavy atom. The molecular weight excluding hydrogens is 337 g/mol. The number of H-pyrrole nitrogens is 1. The highest BCUT2D eigenvalue weighted by Crippen LogP contribution is 2.31. The third kappa shape index (κ3) is 3.97. The number of hydrogen-bond acceptors (Lipinski definition) is 6. The maximum Gasteiger partial charge on any atom is 0.257 e. The van der Waals surface area contributed by atoms with E-state index in [1.807, 2.05) is 0 Å². The molecule has 1 amide bonds. The molecule has 0 atom stereocenters. The van der Waals surface area contributed by atoms with Gasteiger partial charge in [0.25, 0.3) is 5.91 Å². The largest absolute Gasteiger partial charge is 0.345 e. The molecule has 0 aliphatic heterocycles. The molecule has 0 bridgehead atoms. The van der Waals surface area contributed by atoms with Crippen molar-refractivity contribution in [3.63, 3.8) is 0 Å².